The van der Waals surface area contributed by atoms with Crippen molar-refractivity contribution in [1.82, 2.24) is 19.6 Å². The lowest BCUT2D eigenvalue weighted by molar-refractivity contribution is 0.0837. The summed E-state index contributed by atoms with van der Waals surface area (Å²) in [6.45, 7) is 1.55. The summed E-state index contributed by atoms with van der Waals surface area (Å²) in [5.41, 5.74) is 3.69. The standard InChI is InChI=1S/C21H25N5O2/c1-25-17(12-15-6-4-3-5-7-15)13-18(23-25)21(27)22-20-14-19(26(2)24-20)16-8-10-28-11-9-16/h3-7,13-14,16H,8-12H2,1-2H3,(H,22,24,27). The summed E-state index contributed by atoms with van der Waals surface area (Å²) in [5, 5.41) is 11.7. The highest BCUT2D eigenvalue weighted by Gasteiger charge is 2.21. The molecule has 0 aliphatic carbocycles. The normalized spacial score (nSPS) is 14.9. The summed E-state index contributed by atoms with van der Waals surface area (Å²) in [7, 11) is 3.78. The summed E-state index contributed by atoms with van der Waals surface area (Å²) in [6.07, 6.45) is 2.70. The van der Waals surface area contributed by atoms with Crippen LogP contribution in [0.1, 0.15) is 46.2 Å². The quantitative estimate of drug-likeness (QED) is 0.740. The van der Waals surface area contributed by atoms with E-state index in [4.69, 9.17) is 4.74 Å². The number of ether oxygens (including phenoxy) is 1. The average Bonchev–Trinajstić information content (AvgIpc) is 3.26. The molecule has 1 fully saturated rings. The minimum Gasteiger partial charge on any atom is -0.381 e. The first kappa shape index (κ1) is 18.4. The van der Waals surface area contributed by atoms with Gasteiger partial charge in [0.1, 0.15) is 0 Å². The Morgan fingerprint density at radius 2 is 1.86 bits per heavy atom. The Labute approximate surface area is 164 Å². The molecule has 0 atom stereocenters. The maximum Gasteiger partial charge on any atom is 0.277 e. The van der Waals surface area contributed by atoms with Crippen LogP contribution in [0.5, 0.6) is 0 Å². The summed E-state index contributed by atoms with van der Waals surface area (Å²) >= 11 is 0. The van der Waals surface area contributed by atoms with Crippen LogP contribution in [-0.4, -0.2) is 38.7 Å². The van der Waals surface area contributed by atoms with Crippen molar-refractivity contribution in [3.63, 3.8) is 0 Å². The maximum atomic E-state index is 12.7. The van der Waals surface area contributed by atoms with Crippen LogP contribution in [0.25, 0.3) is 0 Å². The third-order valence-electron chi connectivity index (χ3n) is 5.23. The molecular weight excluding hydrogens is 354 g/mol. The van der Waals surface area contributed by atoms with Gasteiger partial charge >= 0.3 is 0 Å². The van der Waals surface area contributed by atoms with Crippen molar-refractivity contribution in [2.24, 2.45) is 14.1 Å². The van der Waals surface area contributed by atoms with E-state index >= 15 is 0 Å². The predicted molar refractivity (Wildman–Crippen MR) is 106 cm³/mol. The average molecular weight is 379 g/mol. The number of carbonyl (C=O) groups excluding carboxylic acids is 1. The molecule has 146 valence electrons. The van der Waals surface area contributed by atoms with Gasteiger partial charge < -0.3 is 10.1 Å². The van der Waals surface area contributed by atoms with Crippen LogP contribution in [0.2, 0.25) is 0 Å². The Bertz CT molecular complexity index is 955. The van der Waals surface area contributed by atoms with Crippen molar-refractivity contribution in [2.45, 2.75) is 25.2 Å². The molecule has 0 spiro atoms. The zero-order valence-corrected chi connectivity index (χ0v) is 16.3. The smallest absolute Gasteiger partial charge is 0.277 e. The van der Waals surface area contributed by atoms with Gasteiger partial charge in [-0.2, -0.15) is 10.2 Å². The summed E-state index contributed by atoms with van der Waals surface area (Å²) < 4.78 is 9.05. The lowest BCUT2D eigenvalue weighted by Crippen LogP contribution is -2.16. The number of nitrogens with zero attached hydrogens (tertiary/aromatic N) is 4. The van der Waals surface area contributed by atoms with Gasteiger partial charge in [0.25, 0.3) is 5.91 Å². The molecule has 1 aromatic carbocycles. The van der Waals surface area contributed by atoms with Crippen LogP contribution < -0.4 is 5.32 Å². The number of amides is 1. The molecule has 28 heavy (non-hydrogen) atoms. The van der Waals surface area contributed by atoms with E-state index in [0.29, 0.717) is 17.4 Å². The first-order valence-electron chi connectivity index (χ1n) is 9.60. The van der Waals surface area contributed by atoms with Crippen molar-refractivity contribution < 1.29 is 9.53 Å². The molecule has 1 saturated heterocycles. The fraction of sp³-hybridized carbons (Fsp3) is 0.381. The monoisotopic (exact) mass is 379 g/mol. The lowest BCUT2D eigenvalue weighted by Gasteiger charge is -2.21. The van der Waals surface area contributed by atoms with Gasteiger partial charge in [0.2, 0.25) is 0 Å². The highest BCUT2D eigenvalue weighted by atomic mass is 16.5. The molecule has 7 heteroatoms. The maximum absolute atomic E-state index is 12.7. The summed E-state index contributed by atoms with van der Waals surface area (Å²) in [5.74, 6) is 0.736. The Balaban J connectivity index is 1.46. The van der Waals surface area contributed by atoms with Gasteiger partial charge in [-0.25, -0.2) is 0 Å². The molecule has 1 aliphatic heterocycles. The van der Waals surface area contributed by atoms with E-state index in [-0.39, 0.29) is 5.91 Å². The zero-order chi connectivity index (χ0) is 19.5. The van der Waals surface area contributed by atoms with Gasteiger partial charge in [0.05, 0.1) is 0 Å². The van der Waals surface area contributed by atoms with Gasteiger partial charge in [0.15, 0.2) is 11.5 Å². The third kappa shape index (κ3) is 3.99. The van der Waals surface area contributed by atoms with Crippen LogP contribution in [0.3, 0.4) is 0 Å². The van der Waals surface area contributed by atoms with Crippen molar-refractivity contribution >= 4 is 11.7 Å². The van der Waals surface area contributed by atoms with Gasteiger partial charge in [-0.15, -0.1) is 0 Å². The second kappa shape index (κ2) is 7.98. The highest BCUT2D eigenvalue weighted by molar-refractivity contribution is 6.02. The van der Waals surface area contributed by atoms with Crippen molar-refractivity contribution in [3.8, 4) is 0 Å². The number of rotatable bonds is 5. The number of carbonyl (C=O) groups is 1. The third-order valence-corrected chi connectivity index (χ3v) is 5.23. The van der Waals surface area contributed by atoms with E-state index in [1.807, 2.05) is 49.1 Å². The molecule has 0 radical (unpaired) electrons. The summed E-state index contributed by atoms with van der Waals surface area (Å²) in [6, 6.07) is 13.9. The first-order chi connectivity index (χ1) is 13.6. The van der Waals surface area contributed by atoms with Gasteiger partial charge in [-0.3, -0.25) is 14.2 Å². The Morgan fingerprint density at radius 3 is 2.61 bits per heavy atom. The van der Waals surface area contributed by atoms with Gasteiger partial charge in [-0.1, -0.05) is 30.3 Å². The largest absolute Gasteiger partial charge is 0.381 e. The van der Waals surface area contributed by atoms with Crippen LogP contribution in [-0.2, 0) is 25.3 Å². The van der Waals surface area contributed by atoms with Crippen LogP contribution in [0.15, 0.2) is 42.5 Å². The predicted octanol–water partition coefficient (Wildman–Crippen LogP) is 2.89. The second-order valence-electron chi connectivity index (χ2n) is 7.23. The van der Waals surface area contributed by atoms with Gasteiger partial charge in [0, 0.05) is 57.1 Å². The van der Waals surface area contributed by atoms with Crippen molar-refractivity contribution in [1.29, 1.82) is 0 Å². The van der Waals surface area contributed by atoms with Gasteiger partial charge in [-0.05, 0) is 24.5 Å². The molecule has 3 heterocycles. The lowest BCUT2D eigenvalue weighted by atomic mass is 9.96. The molecule has 1 aliphatic rings. The van der Waals surface area contributed by atoms with E-state index in [1.54, 1.807) is 4.68 Å². The molecule has 1 N–H and O–H groups in total. The number of hydrogen-bond donors (Lipinski definition) is 1. The fourth-order valence-electron chi connectivity index (χ4n) is 3.69. The molecule has 0 saturated carbocycles. The molecule has 0 unspecified atom stereocenters. The van der Waals surface area contributed by atoms with Crippen LogP contribution in [0, 0.1) is 0 Å². The van der Waals surface area contributed by atoms with E-state index < -0.39 is 0 Å². The van der Waals surface area contributed by atoms with Crippen LogP contribution in [0.4, 0.5) is 5.82 Å². The minimum absolute atomic E-state index is 0.244. The van der Waals surface area contributed by atoms with E-state index in [1.165, 1.54) is 5.56 Å². The number of aromatic nitrogens is 4. The van der Waals surface area contributed by atoms with Crippen LogP contribution >= 0.6 is 0 Å². The number of aryl methyl sites for hydroxylation is 2. The Hall–Kier alpha value is -2.93. The van der Waals surface area contributed by atoms with E-state index in [2.05, 4.69) is 27.6 Å². The molecule has 1 amide bonds. The molecule has 0 bridgehead atoms. The van der Waals surface area contributed by atoms with E-state index in [0.717, 1.165) is 43.9 Å². The van der Waals surface area contributed by atoms with Crippen molar-refractivity contribution in [3.05, 3.63) is 65.1 Å². The fourth-order valence-corrected chi connectivity index (χ4v) is 3.69. The molecule has 3 aromatic rings. The molecular formula is C21H25N5O2. The number of anilines is 1. The van der Waals surface area contributed by atoms with Crippen molar-refractivity contribution in [2.75, 3.05) is 18.5 Å². The number of hydrogen-bond acceptors (Lipinski definition) is 4. The topological polar surface area (TPSA) is 74.0 Å². The SMILES string of the molecule is Cn1nc(C(=O)Nc2cc(C3CCOCC3)n(C)n2)cc1Cc1ccccc1. The zero-order valence-electron chi connectivity index (χ0n) is 16.3. The summed E-state index contributed by atoms with van der Waals surface area (Å²) in [4.78, 5) is 12.7. The highest BCUT2D eigenvalue weighted by Crippen LogP contribution is 2.28. The minimum atomic E-state index is -0.244. The second-order valence-corrected chi connectivity index (χ2v) is 7.23. The molecule has 4 rings (SSSR count). The first-order valence-corrected chi connectivity index (χ1v) is 9.60. The molecule has 7 nitrogen and oxygen atoms in total. The number of nitrogens with one attached hydrogen (secondary N) is 1. The molecule has 2 aromatic heterocycles. The van der Waals surface area contributed by atoms with E-state index in [9.17, 15) is 4.79 Å². The number of benzene rings is 1. The Morgan fingerprint density at radius 1 is 1.11 bits per heavy atom. The Kier molecular flexibility index (Phi) is 5.25.